The molecule has 0 aliphatic rings. The molecule has 0 bridgehead atoms. The van der Waals surface area contributed by atoms with Gasteiger partial charge in [-0.1, -0.05) is 0 Å². The number of benzene rings is 2. The third kappa shape index (κ3) is 2.57. The number of hydrogen-bond donors (Lipinski definition) is 0. The van der Waals surface area contributed by atoms with Crippen LogP contribution in [0.2, 0.25) is 0 Å². The minimum absolute atomic E-state index is 0.150. The van der Waals surface area contributed by atoms with Crippen molar-refractivity contribution in [1.29, 1.82) is 0 Å². The van der Waals surface area contributed by atoms with E-state index in [1.165, 1.54) is 19.2 Å². The van der Waals surface area contributed by atoms with E-state index < -0.39 is 23.6 Å². The fourth-order valence-electron chi connectivity index (χ4n) is 2.51. The van der Waals surface area contributed by atoms with Crippen molar-refractivity contribution < 1.29 is 26.7 Å². The molecule has 0 saturated heterocycles. The Morgan fingerprint density at radius 2 is 1.71 bits per heavy atom. The second-order valence-corrected chi connectivity index (χ2v) is 5.18. The lowest BCUT2D eigenvalue weighted by Gasteiger charge is -2.14. The Hall–Kier alpha value is -2.64. The van der Waals surface area contributed by atoms with Gasteiger partial charge in [0.15, 0.2) is 11.6 Å². The SMILES string of the molecule is COc1ccc(-n2c(C(F)(F)F)nc3cc(F)c(F)cc32)c(C)c1. The van der Waals surface area contributed by atoms with Gasteiger partial charge in [0.25, 0.3) is 0 Å². The first kappa shape index (κ1) is 16.2. The Kier molecular flexibility index (Phi) is 3.70. The molecular weight excluding hydrogens is 331 g/mol. The zero-order chi connectivity index (χ0) is 17.6. The van der Waals surface area contributed by atoms with Gasteiger partial charge >= 0.3 is 6.18 Å². The van der Waals surface area contributed by atoms with Crippen LogP contribution in [0.1, 0.15) is 11.4 Å². The lowest BCUT2D eigenvalue weighted by atomic mass is 10.1. The summed E-state index contributed by atoms with van der Waals surface area (Å²) in [6, 6.07) is 5.78. The molecule has 0 spiro atoms. The van der Waals surface area contributed by atoms with Crippen molar-refractivity contribution in [3.05, 3.63) is 53.4 Å². The van der Waals surface area contributed by atoms with Crippen LogP contribution in [0.15, 0.2) is 30.3 Å². The predicted octanol–water partition coefficient (Wildman–Crippen LogP) is 4.64. The number of imidazole rings is 1. The molecule has 3 aromatic rings. The quantitative estimate of drug-likeness (QED) is 0.635. The summed E-state index contributed by atoms with van der Waals surface area (Å²) in [5.41, 5.74) is 0.159. The highest BCUT2D eigenvalue weighted by atomic mass is 19.4. The van der Waals surface area contributed by atoms with Crippen LogP contribution in [0, 0.1) is 18.6 Å². The van der Waals surface area contributed by atoms with E-state index in [0.717, 1.165) is 4.57 Å². The first-order chi connectivity index (χ1) is 11.2. The molecule has 2 aromatic carbocycles. The van der Waals surface area contributed by atoms with Gasteiger partial charge in [-0.3, -0.25) is 4.57 Å². The highest BCUT2D eigenvalue weighted by Crippen LogP contribution is 2.35. The first-order valence-corrected chi connectivity index (χ1v) is 6.82. The third-order valence-corrected chi connectivity index (χ3v) is 3.59. The first-order valence-electron chi connectivity index (χ1n) is 6.82. The molecule has 126 valence electrons. The number of ether oxygens (including phenoxy) is 1. The summed E-state index contributed by atoms with van der Waals surface area (Å²) in [5, 5.41) is 0. The molecule has 1 heterocycles. The summed E-state index contributed by atoms with van der Waals surface area (Å²) in [7, 11) is 1.43. The maximum atomic E-state index is 13.6. The number of hydrogen-bond acceptors (Lipinski definition) is 2. The van der Waals surface area contributed by atoms with E-state index in [2.05, 4.69) is 4.98 Å². The van der Waals surface area contributed by atoms with Crippen molar-refractivity contribution in [2.24, 2.45) is 0 Å². The predicted molar refractivity (Wildman–Crippen MR) is 77.3 cm³/mol. The number of alkyl halides is 3. The number of nitrogens with zero attached hydrogens (tertiary/aromatic N) is 2. The molecule has 24 heavy (non-hydrogen) atoms. The monoisotopic (exact) mass is 342 g/mol. The van der Waals surface area contributed by atoms with E-state index >= 15 is 0 Å². The van der Waals surface area contributed by atoms with E-state index in [0.29, 0.717) is 23.4 Å². The summed E-state index contributed by atoms with van der Waals surface area (Å²) < 4.78 is 72.8. The van der Waals surface area contributed by atoms with Gasteiger partial charge in [0, 0.05) is 12.1 Å². The second kappa shape index (κ2) is 5.47. The van der Waals surface area contributed by atoms with Crippen LogP contribution < -0.4 is 4.74 Å². The van der Waals surface area contributed by atoms with Gasteiger partial charge in [0.2, 0.25) is 5.82 Å². The van der Waals surface area contributed by atoms with Crippen molar-refractivity contribution in [3.8, 4) is 11.4 Å². The number of fused-ring (bicyclic) bond motifs is 1. The van der Waals surface area contributed by atoms with Crippen LogP contribution >= 0.6 is 0 Å². The van der Waals surface area contributed by atoms with Gasteiger partial charge in [-0.25, -0.2) is 13.8 Å². The molecule has 0 unspecified atom stereocenters. The van der Waals surface area contributed by atoms with Crippen LogP contribution in [0.5, 0.6) is 5.75 Å². The Morgan fingerprint density at radius 1 is 1.04 bits per heavy atom. The molecule has 8 heteroatoms. The van der Waals surface area contributed by atoms with E-state index in [9.17, 15) is 22.0 Å². The van der Waals surface area contributed by atoms with Crippen molar-refractivity contribution in [2.45, 2.75) is 13.1 Å². The molecule has 3 nitrogen and oxygen atoms in total. The van der Waals surface area contributed by atoms with Gasteiger partial charge < -0.3 is 4.74 Å². The lowest BCUT2D eigenvalue weighted by molar-refractivity contribution is -0.145. The molecule has 0 aliphatic heterocycles. The van der Waals surface area contributed by atoms with Gasteiger partial charge in [0.1, 0.15) is 5.75 Å². The molecular formula is C16H11F5N2O. The molecule has 0 radical (unpaired) electrons. The van der Waals surface area contributed by atoms with Crippen LogP contribution in [0.4, 0.5) is 22.0 Å². The van der Waals surface area contributed by atoms with Gasteiger partial charge in [0.05, 0.1) is 23.8 Å². The summed E-state index contributed by atoms with van der Waals surface area (Å²) in [6.07, 6.45) is -4.79. The average Bonchev–Trinajstić information content (AvgIpc) is 2.86. The largest absolute Gasteiger partial charge is 0.497 e. The molecule has 0 saturated carbocycles. The van der Waals surface area contributed by atoms with E-state index in [1.54, 1.807) is 13.0 Å². The van der Waals surface area contributed by atoms with Gasteiger partial charge in [-0.05, 0) is 30.7 Å². The van der Waals surface area contributed by atoms with Crippen molar-refractivity contribution in [1.82, 2.24) is 9.55 Å². The maximum Gasteiger partial charge on any atom is 0.450 e. The van der Waals surface area contributed by atoms with Crippen LogP contribution in [0.3, 0.4) is 0 Å². The van der Waals surface area contributed by atoms with Gasteiger partial charge in [-0.2, -0.15) is 13.2 Å². The zero-order valence-electron chi connectivity index (χ0n) is 12.6. The minimum Gasteiger partial charge on any atom is -0.497 e. The fourth-order valence-corrected chi connectivity index (χ4v) is 2.51. The zero-order valence-corrected chi connectivity index (χ0v) is 12.6. The molecule has 0 N–H and O–H groups in total. The highest BCUT2D eigenvalue weighted by Gasteiger charge is 2.38. The van der Waals surface area contributed by atoms with Crippen molar-refractivity contribution >= 4 is 11.0 Å². The van der Waals surface area contributed by atoms with Crippen molar-refractivity contribution in [2.75, 3.05) is 7.11 Å². The molecule has 0 aliphatic carbocycles. The summed E-state index contributed by atoms with van der Waals surface area (Å²) >= 11 is 0. The molecule has 0 amide bonds. The summed E-state index contributed by atoms with van der Waals surface area (Å²) in [5.74, 6) is -3.29. The van der Waals surface area contributed by atoms with Crippen LogP contribution in [-0.2, 0) is 6.18 Å². The number of methoxy groups -OCH3 is 1. The van der Waals surface area contributed by atoms with Crippen LogP contribution in [0.25, 0.3) is 16.7 Å². The topological polar surface area (TPSA) is 27.1 Å². The normalized spacial score (nSPS) is 12.0. The Labute approximate surface area is 133 Å². The smallest absolute Gasteiger partial charge is 0.450 e. The third-order valence-electron chi connectivity index (χ3n) is 3.59. The maximum absolute atomic E-state index is 13.6. The molecule has 1 aromatic heterocycles. The van der Waals surface area contributed by atoms with Crippen LogP contribution in [-0.4, -0.2) is 16.7 Å². The lowest BCUT2D eigenvalue weighted by Crippen LogP contribution is -2.14. The number of rotatable bonds is 2. The fraction of sp³-hybridized carbons (Fsp3) is 0.188. The molecule has 3 rings (SSSR count). The van der Waals surface area contributed by atoms with Crippen molar-refractivity contribution in [3.63, 3.8) is 0 Å². The number of aromatic nitrogens is 2. The summed E-state index contributed by atoms with van der Waals surface area (Å²) in [4.78, 5) is 3.45. The minimum atomic E-state index is -4.79. The number of aryl methyl sites for hydroxylation is 1. The molecule has 0 atom stereocenters. The molecule has 0 fully saturated rings. The Bertz CT molecular complexity index is 930. The summed E-state index contributed by atoms with van der Waals surface area (Å²) in [6.45, 7) is 1.59. The standard InChI is InChI=1S/C16H11F5N2O/c1-8-5-9(24-2)3-4-13(8)23-14-7-11(18)10(17)6-12(14)22-15(23)16(19,20)21/h3-7H,1-2H3. The Morgan fingerprint density at radius 3 is 2.29 bits per heavy atom. The Balaban J connectivity index is 2.38. The second-order valence-electron chi connectivity index (χ2n) is 5.18. The van der Waals surface area contributed by atoms with E-state index in [-0.39, 0.29) is 16.7 Å². The van der Waals surface area contributed by atoms with Gasteiger partial charge in [-0.15, -0.1) is 0 Å². The average molecular weight is 342 g/mol. The highest BCUT2D eigenvalue weighted by molar-refractivity contribution is 5.79. The van der Waals surface area contributed by atoms with E-state index in [1.807, 2.05) is 0 Å². The number of halogens is 5. The van der Waals surface area contributed by atoms with E-state index in [4.69, 9.17) is 4.74 Å².